The topological polar surface area (TPSA) is 161 Å². The van der Waals surface area contributed by atoms with E-state index in [1.807, 2.05) is 13.8 Å². The van der Waals surface area contributed by atoms with Crippen molar-refractivity contribution in [2.75, 3.05) is 5.32 Å². The summed E-state index contributed by atoms with van der Waals surface area (Å²) < 4.78 is 5.56. The molecule has 12 heteroatoms. The molecule has 0 bridgehead atoms. The minimum Gasteiger partial charge on any atom is -0.434 e. The maximum absolute atomic E-state index is 11.8. The number of hydrogen-bond donors (Lipinski definition) is 4. The fourth-order valence-corrected chi connectivity index (χ4v) is 2.66. The van der Waals surface area contributed by atoms with Crippen LogP contribution in [-0.2, 0) is 4.79 Å². The Balaban J connectivity index is 2.20. The maximum Gasteiger partial charge on any atom is 0.326 e. The lowest BCUT2D eigenvalue weighted by molar-refractivity contribution is -0.113. The van der Waals surface area contributed by atoms with Crippen LogP contribution < -0.4 is 20.9 Å². The SMILES string of the molecule is CC(C)c1cc(Oc2c(Cl)cc(NC(=O)NC(=O)C(=N)C#N)cc2Cl)n[nH]c1=O. The van der Waals surface area contributed by atoms with E-state index in [-0.39, 0.29) is 38.8 Å². The van der Waals surface area contributed by atoms with Gasteiger partial charge < -0.3 is 10.1 Å². The Kier molecular flexibility index (Phi) is 6.93. The number of carbonyl (C=O) groups excluding carboxylic acids is 2. The molecule has 150 valence electrons. The molecule has 1 heterocycles. The van der Waals surface area contributed by atoms with E-state index in [4.69, 9.17) is 38.6 Å². The number of aromatic nitrogens is 2. The van der Waals surface area contributed by atoms with Gasteiger partial charge in [-0.15, -0.1) is 5.10 Å². The number of amides is 3. The zero-order valence-electron chi connectivity index (χ0n) is 15.1. The van der Waals surface area contributed by atoms with Gasteiger partial charge in [-0.3, -0.25) is 20.3 Å². The van der Waals surface area contributed by atoms with Crippen LogP contribution in [0.25, 0.3) is 0 Å². The van der Waals surface area contributed by atoms with Crippen molar-refractivity contribution in [2.24, 2.45) is 0 Å². The van der Waals surface area contributed by atoms with Gasteiger partial charge in [0, 0.05) is 17.3 Å². The van der Waals surface area contributed by atoms with Crippen molar-refractivity contribution < 1.29 is 14.3 Å². The maximum atomic E-state index is 11.8. The van der Waals surface area contributed by atoms with Crippen LogP contribution in [0, 0.1) is 16.7 Å². The van der Waals surface area contributed by atoms with Gasteiger partial charge in [0.1, 0.15) is 6.07 Å². The Morgan fingerprint density at radius 1 is 1.28 bits per heavy atom. The molecular weight excluding hydrogens is 423 g/mol. The zero-order chi connectivity index (χ0) is 21.7. The average Bonchev–Trinajstić information content (AvgIpc) is 2.64. The highest BCUT2D eigenvalue weighted by atomic mass is 35.5. The number of nitrogens with zero attached hydrogens (tertiary/aromatic N) is 2. The fraction of sp³-hybridized carbons (Fsp3) is 0.176. The minimum absolute atomic E-state index is 0.0167. The van der Waals surface area contributed by atoms with Crippen LogP contribution in [0.15, 0.2) is 23.0 Å². The first-order valence-corrected chi connectivity index (χ1v) is 8.75. The molecular formula is C17H14Cl2N6O4. The molecule has 2 aromatic rings. The molecule has 1 aromatic carbocycles. The summed E-state index contributed by atoms with van der Waals surface area (Å²) in [7, 11) is 0. The molecule has 2 rings (SSSR count). The number of nitrogens with one attached hydrogen (secondary N) is 4. The first-order valence-electron chi connectivity index (χ1n) is 7.99. The zero-order valence-corrected chi connectivity index (χ0v) is 16.6. The highest BCUT2D eigenvalue weighted by Crippen LogP contribution is 2.38. The molecule has 0 aliphatic heterocycles. The number of H-pyrrole nitrogens is 1. The van der Waals surface area contributed by atoms with Crippen molar-refractivity contribution in [1.82, 2.24) is 15.5 Å². The number of aromatic amines is 1. The average molecular weight is 437 g/mol. The summed E-state index contributed by atoms with van der Waals surface area (Å²) in [6.07, 6.45) is 0. The number of halogens is 2. The number of nitriles is 1. The van der Waals surface area contributed by atoms with Crippen LogP contribution in [0.3, 0.4) is 0 Å². The number of rotatable bonds is 5. The number of hydrogen-bond acceptors (Lipinski definition) is 7. The van der Waals surface area contributed by atoms with Gasteiger partial charge in [-0.1, -0.05) is 37.0 Å². The molecule has 0 aliphatic rings. The molecule has 0 saturated heterocycles. The normalized spacial score (nSPS) is 10.2. The van der Waals surface area contributed by atoms with Crippen molar-refractivity contribution in [3.63, 3.8) is 0 Å². The van der Waals surface area contributed by atoms with E-state index in [1.54, 1.807) is 5.32 Å². The number of urea groups is 1. The molecule has 0 spiro atoms. The minimum atomic E-state index is -1.16. The summed E-state index contributed by atoms with van der Waals surface area (Å²) >= 11 is 12.3. The van der Waals surface area contributed by atoms with Crippen LogP contribution in [0.1, 0.15) is 25.3 Å². The van der Waals surface area contributed by atoms with Gasteiger partial charge in [0.05, 0.1) is 10.0 Å². The largest absolute Gasteiger partial charge is 0.434 e. The summed E-state index contributed by atoms with van der Waals surface area (Å²) in [6, 6.07) is 4.39. The number of ether oxygens (including phenoxy) is 1. The number of carbonyl (C=O) groups is 2. The molecule has 10 nitrogen and oxygen atoms in total. The van der Waals surface area contributed by atoms with Crippen molar-refractivity contribution in [3.05, 3.63) is 44.2 Å². The van der Waals surface area contributed by atoms with Gasteiger partial charge >= 0.3 is 6.03 Å². The van der Waals surface area contributed by atoms with Crippen molar-refractivity contribution >= 4 is 46.5 Å². The van der Waals surface area contributed by atoms with Gasteiger partial charge in [0.15, 0.2) is 11.5 Å². The van der Waals surface area contributed by atoms with Gasteiger partial charge in [-0.2, -0.15) is 5.26 Å². The van der Waals surface area contributed by atoms with Crippen molar-refractivity contribution in [1.29, 1.82) is 10.7 Å². The summed E-state index contributed by atoms with van der Waals surface area (Å²) in [4.78, 5) is 34.9. The molecule has 0 unspecified atom stereocenters. The second-order valence-corrected chi connectivity index (χ2v) is 6.73. The number of imide groups is 1. The first kappa shape index (κ1) is 21.9. The fourth-order valence-electron chi connectivity index (χ4n) is 2.10. The molecule has 4 N–H and O–H groups in total. The van der Waals surface area contributed by atoms with E-state index >= 15 is 0 Å². The van der Waals surface area contributed by atoms with Gasteiger partial charge in [0.2, 0.25) is 5.88 Å². The monoisotopic (exact) mass is 436 g/mol. The summed E-state index contributed by atoms with van der Waals surface area (Å²) in [5, 5.41) is 25.7. The molecule has 3 amide bonds. The quantitative estimate of drug-likeness (QED) is 0.526. The van der Waals surface area contributed by atoms with Crippen LogP contribution in [0.2, 0.25) is 10.0 Å². The second kappa shape index (κ2) is 9.18. The van der Waals surface area contributed by atoms with Crippen LogP contribution in [-0.4, -0.2) is 27.8 Å². The molecule has 1 aromatic heterocycles. The molecule has 0 radical (unpaired) electrons. The van der Waals surface area contributed by atoms with E-state index in [2.05, 4.69) is 15.5 Å². The molecule has 0 fully saturated rings. The number of benzene rings is 1. The number of anilines is 1. The lowest BCUT2D eigenvalue weighted by atomic mass is 10.1. The Morgan fingerprint density at radius 3 is 2.45 bits per heavy atom. The summed E-state index contributed by atoms with van der Waals surface area (Å²) in [6.45, 7) is 3.67. The van der Waals surface area contributed by atoms with E-state index in [1.165, 1.54) is 24.3 Å². The highest BCUT2D eigenvalue weighted by molar-refractivity contribution is 6.46. The second-order valence-electron chi connectivity index (χ2n) is 5.91. The van der Waals surface area contributed by atoms with Crippen molar-refractivity contribution in [2.45, 2.75) is 19.8 Å². The Bertz CT molecular complexity index is 1070. The molecule has 0 atom stereocenters. The third-order valence-corrected chi connectivity index (χ3v) is 4.02. The van der Waals surface area contributed by atoms with E-state index < -0.39 is 17.6 Å². The van der Waals surface area contributed by atoms with Crippen LogP contribution >= 0.6 is 23.2 Å². The van der Waals surface area contributed by atoms with Crippen LogP contribution in [0.4, 0.5) is 10.5 Å². The van der Waals surface area contributed by atoms with Crippen molar-refractivity contribution in [3.8, 4) is 17.7 Å². The van der Waals surface area contributed by atoms with E-state index in [9.17, 15) is 14.4 Å². The summed E-state index contributed by atoms with van der Waals surface area (Å²) in [5.74, 6) is -1.12. The van der Waals surface area contributed by atoms with Gasteiger partial charge in [-0.05, 0) is 18.1 Å². The standard InChI is InChI=1S/C17H14Cl2N6O4/c1-7(2)9-5-13(24-25-15(9)26)29-14-10(18)3-8(4-11(14)19)22-17(28)23-16(27)12(21)6-20/h3-5,7,21H,1-2H3,(H,25,26)(H2,22,23,27,28). The highest BCUT2D eigenvalue weighted by Gasteiger charge is 2.17. The molecule has 0 saturated carbocycles. The Hall–Kier alpha value is -3.42. The third-order valence-electron chi connectivity index (χ3n) is 3.46. The smallest absolute Gasteiger partial charge is 0.326 e. The summed E-state index contributed by atoms with van der Waals surface area (Å²) in [5.41, 5.74) is -0.675. The Labute approximate surface area is 174 Å². The lowest BCUT2D eigenvalue weighted by Crippen LogP contribution is -2.38. The van der Waals surface area contributed by atoms with Crippen LogP contribution in [0.5, 0.6) is 11.6 Å². The molecule has 29 heavy (non-hydrogen) atoms. The Morgan fingerprint density at radius 2 is 1.90 bits per heavy atom. The molecule has 0 aliphatic carbocycles. The van der Waals surface area contributed by atoms with E-state index in [0.717, 1.165) is 0 Å². The van der Waals surface area contributed by atoms with E-state index in [0.29, 0.717) is 5.56 Å². The van der Waals surface area contributed by atoms with Gasteiger partial charge in [0.25, 0.3) is 11.5 Å². The predicted molar refractivity (Wildman–Crippen MR) is 106 cm³/mol. The first-order chi connectivity index (χ1) is 13.6. The van der Waals surface area contributed by atoms with Gasteiger partial charge in [-0.25, -0.2) is 9.89 Å². The predicted octanol–water partition coefficient (Wildman–Crippen LogP) is 3.18. The lowest BCUT2D eigenvalue weighted by Gasteiger charge is -2.12. The third kappa shape index (κ3) is 5.54.